The van der Waals surface area contributed by atoms with Crippen molar-refractivity contribution in [2.75, 3.05) is 7.11 Å². The maximum absolute atomic E-state index is 5.43. The van der Waals surface area contributed by atoms with Gasteiger partial charge >= 0.3 is 0 Å². The molecule has 1 saturated carbocycles. The minimum absolute atomic E-state index is 0.410. The van der Waals surface area contributed by atoms with Crippen molar-refractivity contribution in [1.82, 2.24) is 14.8 Å². The van der Waals surface area contributed by atoms with Gasteiger partial charge in [-0.15, -0.1) is 0 Å². The quantitative estimate of drug-likeness (QED) is 0.731. The molecule has 116 valence electrons. The summed E-state index contributed by atoms with van der Waals surface area (Å²) in [5.74, 6) is 2.78. The summed E-state index contributed by atoms with van der Waals surface area (Å²) in [5.41, 5.74) is 2.38. The Kier molecular flexibility index (Phi) is 3.50. The summed E-state index contributed by atoms with van der Waals surface area (Å²) in [6.07, 6.45) is 1.11. The molecule has 2 atom stereocenters. The van der Waals surface area contributed by atoms with Gasteiger partial charge < -0.3 is 4.74 Å². The third-order valence-electron chi connectivity index (χ3n) is 4.38. The fourth-order valence-electron chi connectivity index (χ4n) is 3.09. The third-order valence-corrected chi connectivity index (χ3v) is 4.65. The summed E-state index contributed by atoms with van der Waals surface area (Å²) < 4.78 is 7.88. The van der Waals surface area contributed by atoms with E-state index in [4.69, 9.17) is 17.0 Å². The average molecular weight is 323 g/mol. The van der Waals surface area contributed by atoms with E-state index in [2.05, 4.69) is 34.5 Å². The highest BCUT2D eigenvalue weighted by atomic mass is 32.1. The smallest absolute Gasteiger partial charge is 0.199 e. The molecule has 0 aliphatic heterocycles. The van der Waals surface area contributed by atoms with Crippen LogP contribution in [0, 0.1) is 4.77 Å². The molecule has 0 spiro atoms. The highest BCUT2D eigenvalue weighted by molar-refractivity contribution is 7.71. The topological polar surface area (TPSA) is 42.8 Å². The third kappa shape index (κ3) is 2.57. The van der Waals surface area contributed by atoms with E-state index >= 15 is 0 Å². The van der Waals surface area contributed by atoms with Crippen LogP contribution in [-0.2, 0) is 0 Å². The normalized spacial score (nSPS) is 19.5. The maximum Gasteiger partial charge on any atom is 0.199 e. The van der Waals surface area contributed by atoms with Crippen LogP contribution in [0.15, 0.2) is 54.6 Å². The molecule has 0 bridgehead atoms. The summed E-state index contributed by atoms with van der Waals surface area (Å²) in [6, 6.07) is 18.5. The molecule has 1 aromatic heterocycles. The van der Waals surface area contributed by atoms with Gasteiger partial charge in [-0.05, 0) is 54.4 Å². The summed E-state index contributed by atoms with van der Waals surface area (Å²) in [4.78, 5) is 0. The molecular formula is C18H17N3OS. The number of H-pyrrole nitrogens is 1. The van der Waals surface area contributed by atoms with Crippen molar-refractivity contribution in [2.45, 2.75) is 18.3 Å². The number of hydrogen-bond donors (Lipinski definition) is 1. The van der Waals surface area contributed by atoms with E-state index in [-0.39, 0.29) is 0 Å². The first kappa shape index (κ1) is 14.2. The number of methoxy groups -OCH3 is 1. The average Bonchev–Trinajstić information content (AvgIpc) is 3.31. The predicted octanol–water partition coefficient (Wildman–Crippen LogP) is 4.21. The molecule has 0 amide bonds. The van der Waals surface area contributed by atoms with Crippen LogP contribution in [0.4, 0.5) is 0 Å². The lowest BCUT2D eigenvalue weighted by molar-refractivity contribution is 0.414. The molecule has 2 aromatic carbocycles. The molecule has 4 nitrogen and oxygen atoms in total. The van der Waals surface area contributed by atoms with E-state index < -0.39 is 0 Å². The first-order chi connectivity index (χ1) is 11.3. The molecular weight excluding hydrogens is 306 g/mol. The number of aromatic amines is 1. The zero-order valence-corrected chi connectivity index (χ0v) is 13.6. The fourth-order valence-corrected chi connectivity index (χ4v) is 3.33. The molecule has 0 saturated heterocycles. The van der Waals surface area contributed by atoms with Gasteiger partial charge in [-0.2, -0.15) is 5.10 Å². The molecule has 0 unspecified atom stereocenters. The number of nitrogens with zero attached hydrogens (tertiary/aromatic N) is 2. The molecule has 1 aliphatic rings. The van der Waals surface area contributed by atoms with Crippen LogP contribution in [-0.4, -0.2) is 21.9 Å². The zero-order valence-electron chi connectivity index (χ0n) is 12.8. The van der Waals surface area contributed by atoms with Crippen molar-refractivity contribution in [2.24, 2.45) is 0 Å². The Bertz CT molecular complexity index is 867. The van der Waals surface area contributed by atoms with E-state index in [0.29, 0.717) is 16.6 Å². The van der Waals surface area contributed by atoms with Gasteiger partial charge in [0.05, 0.1) is 7.11 Å². The van der Waals surface area contributed by atoms with Gasteiger partial charge in [-0.25, -0.2) is 0 Å². The molecule has 23 heavy (non-hydrogen) atoms. The Labute approximate surface area is 139 Å². The Morgan fingerprint density at radius 2 is 1.83 bits per heavy atom. The second kappa shape index (κ2) is 5.66. The first-order valence-corrected chi connectivity index (χ1v) is 8.05. The van der Waals surface area contributed by atoms with Crippen LogP contribution in [0.2, 0.25) is 0 Å². The van der Waals surface area contributed by atoms with Crippen LogP contribution in [0.25, 0.3) is 5.69 Å². The van der Waals surface area contributed by atoms with Crippen molar-refractivity contribution < 1.29 is 4.74 Å². The molecule has 1 N–H and O–H groups in total. The van der Waals surface area contributed by atoms with Crippen molar-refractivity contribution in [3.8, 4) is 11.4 Å². The largest absolute Gasteiger partial charge is 0.497 e. The summed E-state index contributed by atoms with van der Waals surface area (Å²) >= 11 is 5.43. The van der Waals surface area contributed by atoms with Crippen LogP contribution < -0.4 is 4.74 Å². The number of rotatable bonds is 4. The Balaban J connectivity index is 1.68. The lowest BCUT2D eigenvalue weighted by Crippen LogP contribution is -2.01. The number of benzene rings is 2. The number of hydrogen-bond acceptors (Lipinski definition) is 3. The molecule has 3 aromatic rings. The second-order valence-corrected chi connectivity index (χ2v) is 6.17. The predicted molar refractivity (Wildman–Crippen MR) is 91.8 cm³/mol. The fraction of sp³-hybridized carbons (Fsp3) is 0.222. The number of nitrogens with one attached hydrogen (secondary N) is 1. The van der Waals surface area contributed by atoms with Crippen molar-refractivity contribution >= 4 is 12.2 Å². The van der Waals surface area contributed by atoms with E-state index in [9.17, 15) is 0 Å². The van der Waals surface area contributed by atoms with Crippen LogP contribution in [0.5, 0.6) is 5.75 Å². The SMILES string of the molecule is COc1ccc(-n2c([C@H]3C[C@@H]3c3ccccc3)n[nH]c2=S)cc1. The molecule has 1 aliphatic carbocycles. The van der Waals surface area contributed by atoms with E-state index in [0.717, 1.165) is 23.7 Å². The van der Waals surface area contributed by atoms with Gasteiger partial charge in [-0.1, -0.05) is 30.3 Å². The summed E-state index contributed by atoms with van der Waals surface area (Å²) in [6.45, 7) is 0. The lowest BCUT2D eigenvalue weighted by Gasteiger charge is -2.08. The molecule has 0 radical (unpaired) electrons. The minimum atomic E-state index is 0.410. The Morgan fingerprint density at radius 1 is 1.09 bits per heavy atom. The standard InChI is InChI=1S/C18H17N3OS/c1-22-14-9-7-13(8-10-14)21-17(19-20-18(21)23)16-11-15(16)12-5-3-2-4-6-12/h2-10,15-16H,11H2,1H3,(H,20,23)/t15-,16+/m1/s1. The van der Waals surface area contributed by atoms with Gasteiger partial charge in [0.15, 0.2) is 4.77 Å². The molecule has 4 rings (SSSR count). The van der Waals surface area contributed by atoms with Crippen molar-refractivity contribution in [3.05, 3.63) is 70.8 Å². The van der Waals surface area contributed by atoms with Crippen LogP contribution in [0.3, 0.4) is 0 Å². The summed E-state index contributed by atoms with van der Waals surface area (Å²) in [7, 11) is 1.67. The lowest BCUT2D eigenvalue weighted by atomic mass is 10.1. The molecule has 1 heterocycles. The monoisotopic (exact) mass is 323 g/mol. The van der Waals surface area contributed by atoms with E-state index in [1.165, 1.54) is 5.56 Å². The van der Waals surface area contributed by atoms with Gasteiger partial charge in [0.1, 0.15) is 11.6 Å². The first-order valence-electron chi connectivity index (χ1n) is 7.64. The number of ether oxygens (including phenoxy) is 1. The van der Waals surface area contributed by atoms with E-state index in [1.807, 2.05) is 34.9 Å². The molecule has 5 heteroatoms. The maximum atomic E-state index is 5.43. The second-order valence-electron chi connectivity index (χ2n) is 5.78. The van der Waals surface area contributed by atoms with Crippen molar-refractivity contribution in [1.29, 1.82) is 0 Å². The van der Waals surface area contributed by atoms with Gasteiger partial charge in [0.2, 0.25) is 0 Å². The number of aromatic nitrogens is 3. The summed E-state index contributed by atoms with van der Waals surface area (Å²) in [5, 5.41) is 7.43. The zero-order chi connectivity index (χ0) is 15.8. The van der Waals surface area contributed by atoms with Gasteiger partial charge in [0.25, 0.3) is 0 Å². The van der Waals surface area contributed by atoms with Crippen LogP contribution in [0.1, 0.15) is 29.6 Å². The Morgan fingerprint density at radius 3 is 2.52 bits per heavy atom. The minimum Gasteiger partial charge on any atom is -0.497 e. The molecule has 1 fully saturated rings. The highest BCUT2D eigenvalue weighted by Gasteiger charge is 2.43. The van der Waals surface area contributed by atoms with E-state index in [1.54, 1.807) is 7.11 Å². The highest BCUT2D eigenvalue weighted by Crippen LogP contribution is 2.54. The van der Waals surface area contributed by atoms with Gasteiger partial charge in [0, 0.05) is 11.6 Å². The Hall–Kier alpha value is -2.40. The van der Waals surface area contributed by atoms with Crippen LogP contribution >= 0.6 is 12.2 Å². The van der Waals surface area contributed by atoms with Gasteiger partial charge in [-0.3, -0.25) is 9.67 Å². The van der Waals surface area contributed by atoms with Crippen molar-refractivity contribution in [3.63, 3.8) is 0 Å².